The minimum atomic E-state index is 0.417. The molecule has 1 rings (SSSR count). The Morgan fingerprint density at radius 3 is 2.79 bits per heavy atom. The lowest BCUT2D eigenvalue weighted by Gasteiger charge is -2.15. The zero-order valence-corrected chi connectivity index (χ0v) is 10.4. The molecule has 0 aliphatic carbocycles. The number of pyridine rings is 1. The molecule has 0 saturated carbocycles. The molecule has 3 heteroatoms. The number of aromatic nitrogens is 1. The van der Waals surface area contributed by atoms with Crippen LogP contribution in [0.15, 0.2) is 18.3 Å². The summed E-state index contributed by atoms with van der Waals surface area (Å²) in [7, 11) is 1.69. The minimum Gasteiger partial charge on any atom is -0.495 e. The van der Waals surface area contributed by atoms with Crippen LogP contribution in [0.4, 0.5) is 0 Å². The topological polar surface area (TPSA) is 22.1 Å². The van der Waals surface area contributed by atoms with E-state index in [2.05, 4.69) is 34.8 Å². The van der Waals surface area contributed by atoms with E-state index >= 15 is 0 Å². The Bertz CT molecular complexity index is 288. The molecule has 1 aromatic heterocycles. The maximum atomic E-state index is 5.27. The minimum absolute atomic E-state index is 0.417. The van der Waals surface area contributed by atoms with Crippen molar-refractivity contribution in [2.75, 3.05) is 7.11 Å². The number of halogens is 1. The highest BCUT2D eigenvalue weighted by Crippen LogP contribution is 2.28. The van der Waals surface area contributed by atoms with E-state index in [1.54, 1.807) is 7.11 Å². The number of alkyl halides is 1. The van der Waals surface area contributed by atoms with Gasteiger partial charge >= 0.3 is 0 Å². The standard InChI is InChI=1S/C11H16BrNO/c1-8(7-9(2)12)11-10(14-3)5-4-6-13-11/h4-6,8-9H,7H2,1-3H3. The summed E-state index contributed by atoms with van der Waals surface area (Å²) in [5.74, 6) is 1.30. The fraction of sp³-hybridized carbons (Fsp3) is 0.545. The van der Waals surface area contributed by atoms with Gasteiger partial charge in [0.25, 0.3) is 0 Å². The average Bonchev–Trinajstić information content (AvgIpc) is 2.16. The first kappa shape index (κ1) is 11.5. The van der Waals surface area contributed by atoms with Crippen molar-refractivity contribution in [3.8, 4) is 5.75 Å². The van der Waals surface area contributed by atoms with Crippen LogP contribution in [0, 0.1) is 0 Å². The van der Waals surface area contributed by atoms with Crippen molar-refractivity contribution in [1.29, 1.82) is 0 Å². The van der Waals surface area contributed by atoms with Crippen LogP contribution in [-0.2, 0) is 0 Å². The van der Waals surface area contributed by atoms with Crippen molar-refractivity contribution >= 4 is 15.9 Å². The smallest absolute Gasteiger partial charge is 0.140 e. The predicted molar refractivity (Wildman–Crippen MR) is 62.2 cm³/mol. The van der Waals surface area contributed by atoms with E-state index in [1.807, 2.05) is 18.3 Å². The fourth-order valence-electron chi connectivity index (χ4n) is 1.54. The molecule has 0 N–H and O–H groups in total. The zero-order chi connectivity index (χ0) is 10.6. The zero-order valence-electron chi connectivity index (χ0n) is 8.83. The second-order valence-corrected chi connectivity index (χ2v) is 5.07. The van der Waals surface area contributed by atoms with Crippen molar-refractivity contribution in [3.63, 3.8) is 0 Å². The van der Waals surface area contributed by atoms with Crippen LogP contribution in [0.3, 0.4) is 0 Å². The van der Waals surface area contributed by atoms with Crippen LogP contribution in [0.2, 0.25) is 0 Å². The largest absolute Gasteiger partial charge is 0.495 e. The number of nitrogens with zero attached hydrogens (tertiary/aromatic N) is 1. The molecule has 0 saturated heterocycles. The van der Waals surface area contributed by atoms with Gasteiger partial charge in [-0.2, -0.15) is 0 Å². The molecular formula is C11H16BrNO. The Morgan fingerprint density at radius 1 is 1.50 bits per heavy atom. The number of ether oxygens (including phenoxy) is 1. The summed E-state index contributed by atoms with van der Waals surface area (Å²) in [4.78, 5) is 4.86. The summed E-state index contributed by atoms with van der Waals surface area (Å²) in [5.41, 5.74) is 1.04. The summed E-state index contributed by atoms with van der Waals surface area (Å²) in [5, 5.41) is 0. The second-order valence-electron chi connectivity index (χ2n) is 3.51. The van der Waals surface area contributed by atoms with Gasteiger partial charge in [0.2, 0.25) is 0 Å². The van der Waals surface area contributed by atoms with Crippen LogP contribution < -0.4 is 4.74 Å². The van der Waals surface area contributed by atoms with Gasteiger partial charge in [-0.15, -0.1) is 0 Å². The molecule has 0 bridgehead atoms. The highest BCUT2D eigenvalue weighted by molar-refractivity contribution is 9.09. The van der Waals surface area contributed by atoms with Crippen LogP contribution >= 0.6 is 15.9 Å². The number of methoxy groups -OCH3 is 1. The molecule has 0 aliphatic heterocycles. The SMILES string of the molecule is COc1cccnc1C(C)CC(C)Br. The molecule has 0 spiro atoms. The molecule has 1 aromatic rings. The normalized spacial score (nSPS) is 14.9. The second kappa shape index (κ2) is 5.35. The third kappa shape index (κ3) is 2.98. The van der Waals surface area contributed by atoms with E-state index in [-0.39, 0.29) is 0 Å². The Balaban J connectivity index is 2.82. The predicted octanol–water partition coefficient (Wildman–Crippen LogP) is 3.37. The lowest BCUT2D eigenvalue weighted by Crippen LogP contribution is -2.04. The first-order valence-corrected chi connectivity index (χ1v) is 5.69. The molecule has 2 unspecified atom stereocenters. The molecule has 0 aromatic carbocycles. The van der Waals surface area contributed by atoms with E-state index in [0.717, 1.165) is 17.9 Å². The molecule has 0 aliphatic rings. The summed E-state index contributed by atoms with van der Waals surface area (Å²) < 4.78 is 5.27. The van der Waals surface area contributed by atoms with Crippen molar-refractivity contribution in [1.82, 2.24) is 4.98 Å². The Kier molecular flexibility index (Phi) is 4.39. The van der Waals surface area contributed by atoms with Crippen LogP contribution in [0.1, 0.15) is 31.9 Å². The average molecular weight is 258 g/mol. The summed E-state index contributed by atoms with van der Waals surface area (Å²) in [6.45, 7) is 4.31. The maximum absolute atomic E-state index is 5.27. The van der Waals surface area contributed by atoms with Gasteiger partial charge < -0.3 is 4.74 Å². The highest BCUT2D eigenvalue weighted by Gasteiger charge is 2.14. The Hall–Kier alpha value is -0.570. The molecular weight excluding hydrogens is 242 g/mol. The van der Waals surface area contributed by atoms with E-state index in [9.17, 15) is 0 Å². The Morgan fingerprint density at radius 2 is 2.21 bits per heavy atom. The third-order valence-corrected chi connectivity index (χ3v) is 2.54. The molecule has 0 radical (unpaired) electrons. The van der Waals surface area contributed by atoms with Gasteiger partial charge in [0.1, 0.15) is 5.75 Å². The van der Waals surface area contributed by atoms with E-state index in [4.69, 9.17) is 4.74 Å². The quantitative estimate of drug-likeness (QED) is 0.772. The molecule has 2 atom stereocenters. The summed E-state index contributed by atoms with van der Waals surface area (Å²) in [6.07, 6.45) is 2.88. The first-order valence-electron chi connectivity index (χ1n) is 4.78. The van der Waals surface area contributed by atoms with Gasteiger partial charge in [-0.1, -0.05) is 29.8 Å². The number of hydrogen-bond acceptors (Lipinski definition) is 2. The van der Waals surface area contributed by atoms with Gasteiger partial charge in [0.15, 0.2) is 0 Å². The first-order chi connectivity index (χ1) is 6.65. The number of hydrogen-bond donors (Lipinski definition) is 0. The van der Waals surface area contributed by atoms with Crippen molar-refractivity contribution in [3.05, 3.63) is 24.0 Å². The van der Waals surface area contributed by atoms with Crippen LogP contribution in [-0.4, -0.2) is 16.9 Å². The summed E-state index contributed by atoms with van der Waals surface area (Å²) in [6, 6.07) is 3.85. The van der Waals surface area contributed by atoms with E-state index in [1.165, 1.54) is 0 Å². The van der Waals surface area contributed by atoms with Gasteiger partial charge in [0.05, 0.1) is 12.8 Å². The van der Waals surface area contributed by atoms with Gasteiger partial charge in [0, 0.05) is 16.9 Å². The molecule has 14 heavy (non-hydrogen) atoms. The molecule has 78 valence electrons. The molecule has 0 amide bonds. The summed E-state index contributed by atoms with van der Waals surface area (Å²) >= 11 is 3.55. The van der Waals surface area contributed by atoms with Crippen molar-refractivity contribution in [2.45, 2.75) is 31.0 Å². The number of rotatable bonds is 4. The van der Waals surface area contributed by atoms with E-state index < -0.39 is 0 Å². The van der Waals surface area contributed by atoms with Gasteiger partial charge in [-0.05, 0) is 18.6 Å². The lowest BCUT2D eigenvalue weighted by molar-refractivity contribution is 0.401. The molecule has 1 heterocycles. The maximum Gasteiger partial charge on any atom is 0.140 e. The van der Waals surface area contributed by atoms with E-state index in [0.29, 0.717) is 10.7 Å². The van der Waals surface area contributed by atoms with Crippen molar-refractivity contribution in [2.24, 2.45) is 0 Å². The van der Waals surface area contributed by atoms with Crippen molar-refractivity contribution < 1.29 is 4.74 Å². The van der Waals surface area contributed by atoms with Crippen LogP contribution in [0.25, 0.3) is 0 Å². The highest BCUT2D eigenvalue weighted by atomic mass is 79.9. The fourth-order valence-corrected chi connectivity index (χ4v) is 2.11. The van der Waals surface area contributed by atoms with Crippen LogP contribution in [0.5, 0.6) is 5.75 Å². The molecule has 2 nitrogen and oxygen atoms in total. The third-order valence-electron chi connectivity index (χ3n) is 2.16. The Labute approximate surface area is 93.8 Å². The lowest BCUT2D eigenvalue weighted by atomic mass is 10.0. The van der Waals surface area contributed by atoms with Gasteiger partial charge in [-0.25, -0.2) is 0 Å². The molecule has 0 fully saturated rings. The van der Waals surface area contributed by atoms with Gasteiger partial charge in [-0.3, -0.25) is 4.98 Å². The monoisotopic (exact) mass is 257 g/mol.